The summed E-state index contributed by atoms with van der Waals surface area (Å²) in [5.41, 5.74) is -0.0984. The number of benzene rings is 2. The van der Waals surface area contributed by atoms with E-state index in [0.29, 0.717) is 40.6 Å². The average Bonchev–Trinajstić information content (AvgIpc) is 2.85. The Balaban J connectivity index is 1.55. The predicted octanol–water partition coefficient (Wildman–Crippen LogP) is 6.61. The van der Waals surface area contributed by atoms with Gasteiger partial charge >= 0.3 is 6.09 Å². The van der Waals surface area contributed by atoms with Crippen molar-refractivity contribution in [2.45, 2.75) is 52.3 Å². The minimum absolute atomic E-state index is 0.0242. The van der Waals surface area contributed by atoms with E-state index in [1.807, 2.05) is 34.6 Å². The van der Waals surface area contributed by atoms with Gasteiger partial charge in [0.25, 0.3) is 0 Å². The van der Waals surface area contributed by atoms with Gasteiger partial charge < -0.3 is 14.5 Å². The van der Waals surface area contributed by atoms with Crippen LogP contribution in [-0.2, 0) is 4.74 Å². The Bertz CT molecular complexity index is 1550. The first-order valence-corrected chi connectivity index (χ1v) is 12.8. The number of carbonyl (C=O) groups excluding carboxylic acids is 1. The van der Waals surface area contributed by atoms with E-state index in [2.05, 4.69) is 19.9 Å². The number of amides is 1. The lowest BCUT2D eigenvalue weighted by atomic mass is 10.0. The molecular formula is C28H28ClF2N5O2. The molecule has 0 bridgehead atoms. The van der Waals surface area contributed by atoms with Gasteiger partial charge in [0.15, 0.2) is 5.82 Å². The van der Waals surface area contributed by atoms with E-state index in [9.17, 15) is 9.18 Å². The zero-order valence-corrected chi connectivity index (χ0v) is 22.6. The molecule has 2 aromatic heterocycles. The topological polar surface area (TPSA) is 71.5 Å². The number of piperazine rings is 1. The lowest BCUT2D eigenvalue weighted by Crippen LogP contribution is -2.59. The summed E-state index contributed by atoms with van der Waals surface area (Å²) in [6, 6.07) is 7.80. The van der Waals surface area contributed by atoms with Crippen molar-refractivity contribution in [2.24, 2.45) is 0 Å². The van der Waals surface area contributed by atoms with Crippen LogP contribution in [0, 0.1) is 11.6 Å². The van der Waals surface area contributed by atoms with Crippen LogP contribution in [0.2, 0.25) is 5.02 Å². The van der Waals surface area contributed by atoms with Crippen LogP contribution >= 0.6 is 11.6 Å². The van der Waals surface area contributed by atoms with Crippen molar-refractivity contribution >= 4 is 45.2 Å². The molecule has 3 heterocycles. The second-order valence-electron chi connectivity index (χ2n) is 10.6. The highest BCUT2D eigenvalue weighted by molar-refractivity contribution is 6.36. The van der Waals surface area contributed by atoms with Gasteiger partial charge in [-0.3, -0.25) is 4.98 Å². The molecule has 10 heteroatoms. The molecule has 4 aromatic rings. The van der Waals surface area contributed by atoms with Crippen molar-refractivity contribution in [3.63, 3.8) is 0 Å². The van der Waals surface area contributed by atoms with E-state index in [-0.39, 0.29) is 34.4 Å². The number of pyridine rings is 1. The summed E-state index contributed by atoms with van der Waals surface area (Å²) in [6.07, 6.45) is 2.49. The summed E-state index contributed by atoms with van der Waals surface area (Å²) in [7, 11) is 0. The second-order valence-corrected chi connectivity index (χ2v) is 11.0. The van der Waals surface area contributed by atoms with Gasteiger partial charge in [-0.15, -0.1) is 0 Å². The number of hydrogen-bond donors (Lipinski definition) is 0. The fraction of sp³-hybridized carbons (Fsp3) is 0.357. The average molecular weight is 540 g/mol. The molecular weight excluding hydrogens is 512 g/mol. The van der Waals surface area contributed by atoms with Crippen molar-refractivity contribution in [3.05, 3.63) is 59.5 Å². The third kappa shape index (κ3) is 4.60. The number of hydrogen-bond acceptors (Lipinski definition) is 6. The SMILES string of the molecule is C[C@H]1CN(C(=O)OC(C)(C)C)C[C@H](C)N1c1ncnc2c(F)c(-c3cccc4ccc(F)c(Cl)c34)ncc12. The zero-order valence-electron chi connectivity index (χ0n) is 21.8. The Hall–Kier alpha value is -3.59. The van der Waals surface area contributed by atoms with Gasteiger partial charge in [-0.05, 0) is 46.1 Å². The van der Waals surface area contributed by atoms with Crippen molar-refractivity contribution in [1.82, 2.24) is 19.9 Å². The Kier molecular flexibility index (Phi) is 6.59. The molecule has 7 nitrogen and oxygen atoms in total. The fourth-order valence-electron chi connectivity index (χ4n) is 5.09. The van der Waals surface area contributed by atoms with Gasteiger partial charge in [-0.25, -0.2) is 23.5 Å². The van der Waals surface area contributed by atoms with Crippen molar-refractivity contribution in [1.29, 1.82) is 0 Å². The molecule has 2 aromatic carbocycles. The lowest BCUT2D eigenvalue weighted by molar-refractivity contribution is 0.0192. The summed E-state index contributed by atoms with van der Waals surface area (Å²) >= 11 is 6.29. The van der Waals surface area contributed by atoms with Crippen LogP contribution in [0.3, 0.4) is 0 Å². The first-order valence-electron chi connectivity index (χ1n) is 12.4. The highest BCUT2D eigenvalue weighted by Crippen LogP contribution is 2.38. The van der Waals surface area contributed by atoms with Gasteiger partial charge in [-0.2, -0.15) is 0 Å². The van der Waals surface area contributed by atoms with Crippen LogP contribution < -0.4 is 4.90 Å². The van der Waals surface area contributed by atoms with E-state index in [1.165, 1.54) is 18.6 Å². The smallest absolute Gasteiger partial charge is 0.410 e. The van der Waals surface area contributed by atoms with Gasteiger partial charge in [0.05, 0.1) is 10.4 Å². The van der Waals surface area contributed by atoms with Gasteiger partial charge in [-0.1, -0.05) is 35.9 Å². The largest absolute Gasteiger partial charge is 0.444 e. The number of anilines is 1. The lowest BCUT2D eigenvalue weighted by Gasteiger charge is -2.45. The molecule has 198 valence electrons. The van der Waals surface area contributed by atoms with Crippen LogP contribution in [-0.4, -0.2) is 56.7 Å². The van der Waals surface area contributed by atoms with Crippen LogP contribution in [0.15, 0.2) is 42.9 Å². The minimum Gasteiger partial charge on any atom is -0.444 e. The number of halogens is 3. The molecule has 0 aliphatic carbocycles. The summed E-state index contributed by atoms with van der Waals surface area (Å²) < 4.78 is 35.8. The van der Waals surface area contributed by atoms with E-state index in [1.54, 1.807) is 29.2 Å². The van der Waals surface area contributed by atoms with Crippen molar-refractivity contribution < 1.29 is 18.3 Å². The van der Waals surface area contributed by atoms with Crippen LogP contribution in [0.4, 0.5) is 19.4 Å². The van der Waals surface area contributed by atoms with E-state index in [4.69, 9.17) is 16.3 Å². The molecule has 1 amide bonds. The van der Waals surface area contributed by atoms with Crippen molar-refractivity contribution in [3.8, 4) is 11.3 Å². The molecule has 1 aliphatic heterocycles. The Morgan fingerprint density at radius 2 is 1.76 bits per heavy atom. The number of carbonyl (C=O) groups is 1. The van der Waals surface area contributed by atoms with E-state index in [0.717, 1.165) is 0 Å². The normalized spacial score (nSPS) is 18.3. The van der Waals surface area contributed by atoms with Gasteiger partial charge in [0.1, 0.15) is 34.8 Å². The molecule has 0 spiro atoms. The van der Waals surface area contributed by atoms with Crippen LogP contribution in [0.5, 0.6) is 0 Å². The standard InChI is InChI=1S/C28H28ClF2N5O2/c1-15-12-35(27(37)38-28(3,4)5)13-16(2)36(15)26-19-11-32-24(23(31)25(19)33-14-34-26)18-8-6-7-17-9-10-20(30)22(29)21(17)18/h6-11,14-16H,12-13H2,1-5H3/t15-,16-/m0/s1. The Morgan fingerprint density at radius 3 is 2.45 bits per heavy atom. The molecule has 0 saturated carbocycles. The highest BCUT2D eigenvalue weighted by atomic mass is 35.5. The quantitative estimate of drug-likeness (QED) is 0.285. The van der Waals surface area contributed by atoms with E-state index < -0.39 is 17.2 Å². The van der Waals surface area contributed by atoms with Gasteiger partial charge in [0.2, 0.25) is 0 Å². The minimum atomic E-state index is -0.647. The molecule has 38 heavy (non-hydrogen) atoms. The fourth-order valence-corrected chi connectivity index (χ4v) is 5.37. The first-order chi connectivity index (χ1) is 18.0. The predicted molar refractivity (Wildman–Crippen MR) is 144 cm³/mol. The number of fused-ring (bicyclic) bond motifs is 2. The number of rotatable bonds is 2. The number of ether oxygens (including phenoxy) is 1. The van der Waals surface area contributed by atoms with Crippen LogP contribution in [0.25, 0.3) is 32.9 Å². The number of nitrogens with zero attached hydrogens (tertiary/aromatic N) is 5. The molecule has 0 unspecified atom stereocenters. The monoisotopic (exact) mass is 539 g/mol. The van der Waals surface area contributed by atoms with E-state index >= 15 is 4.39 Å². The molecule has 0 N–H and O–H groups in total. The van der Waals surface area contributed by atoms with Gasteiger partial charge in [0, 0.05) is 42.3 Å². The second kappa shape index (κ2) is 9.62. The molecule has 1 fully saturated rings. The molecule has 5 rings (SSSR count). The maximum Gasteiger partial charge on any atom is 0.410 e. The third-order valence-electron chi connectivity index (χ3n) is 6.61. The maximum absolute atomic E-state index is 16.0. The Morgan fingerprint density at radius 1 is 1.05 bits per heavy atom. The third-order valence-corrected chi connectivity index (χ3v) is 6.98. The summed E-state index contributed by atoms with van der Waals surface area (Å²) in [5.74, 6) is -0.712. The number of aromatic nitrogens is 3. The summed E-state index contributed by atoms with van der Waals surface area (Å²) in [5, 5.41) is 1.41. The molecule has 0 radical (unpaired) electrons. The summed E-state index contributed by atoms with van der Waals surface area (Å²) in [6.45, 7) is 10.3. The van der Waals surface area contributed by atoms with Crippen molar-refractivity contribution in [2.75, 3.05) is 18.0 Å². The Labute approximate surface area is 224 Å². The zero-order chi connectivity index (χ0) is 27.4. The van der Waals surface area contributed by atoms with Crippen LogP contribution in [0.1, 0.15) is 34.6 Å². The highest BCUT2D eigenvalue weighted by Gasteiger charge is 2.35. The molecule has 1 aliphatic rings. The molecule has 2 atom stereocenters. The summed E-state index contributed by atoms with van der Waals surface area (Å²) in [4.78, 5) is 29.6. The maximum atomic E-state index is 16.0. The molecule has 1 saturated heterocycles. The first kappa shape index (κ1) is 26.0.